The molecule has 98 valence electrons. The van der Waals surface area contributed by atoms with Crippen LogP contribution in [-0.2, 0) is 4.79 Å². The van der Waals surface area contributed by atoms with Gasteiger partial charge in [-0.2, -0.15) is 0 Å². The predicted octanol–water partition coefficient (Wildman–Crippen LogP) is 1.27. The molecule has 0 aromatic heterocycles. The van der Waals surface area contributed by atoms with Gasteiger partial charge in [-0.15, -0.1) is 0 Å². The average Bonchev–Trinajstić information content (AvgIpc) is 3.12. The Morgan fingerprint density at radius 3 is 2.29 bits per heavy atom. The van der Waals surface area contributed by atoms with Crippen LogP contribution in [-0.4, -0.2) is 59.1 Å². The van der Waals surface area contributed by atoms with Crippen LogP contribution in [0.4, 0.5) is 0 Å². The van der Waals surface area contributed by atoms with Crippen LogP contribution in [0.2, 0.25) is 0 Å². The van der Waals surface area contributed by atoms with Crippen molar-refractivity contribution in [2.75, 3.05) is 32.7 Å². The number of carboxylic acid groups (broad SMARTS) is 1. The van der Waals surface area contributed by atoms with Gasteiger partial charge in [-0.3, -0.25) is 9.69 Å². The molecule has 1 heterocycles. The Bertz CT molecular complexity index is 283. The summed E-state index contributed by atoms with van der Waals surface area (Å²) in [6.45, 7) is 8.88. The maximum Gasteiger partial charge on any atom is 0.323 e. The summed E-state index contributed by atoms with van der Waals surface area (Å²) in [5.41, 5.74) is -0.675. The Hall–Kier alpha value is -0.610. The Balaban J connectivity index is 1.86. The topological polar surface area (TPSA) is 43.8 Å². The average molecular weight is 240 g/mol. The number of hydrogen-bond donors (Lipinski definition) is 1. The summed E-state index contributed by atoms with van der Waals surface area (Å²) in [5, 5.41) is 9.35. The highest BCUT2D eigenvalue weighted by atomic mass is 16.4. The predicted molar refractivity (Wildman–Crippen MR) is 67.1 cm³/mol. The van der Waals surface area contributed by atoms with Gasteiger partial charge in [-0.05, 0) is 32.1 Å². The molecule has 2 fully saturated rings. The van der Waals surface area contributed by atoms with E-state index >= 15 is 0 Å². The fourth-order valence-electron chi connectivity index (χ4n) is 2.60. The fraction of sp³-hybridized carbons (Fsp3) is 0.923. The highest BCUT2D eigenvalue weighted by molar-refractivity contribution is 5.78. The van der Waals surface area contributed by atoms with Crippen LogP contribution in [0.5, 0.6) is 0 Å². The van der Waals surface area contributed by atoms with Crippen molar-refractivity contribution in [3.05, 3.63) is 0 Å². The molecule has 2 rings (SSSR count). The van der Waals surface area contributed by atoms with E-state index < -0.39 is 11.5 Å². The lowest BCUT2D eigenvalue weighted by Gasteiger charge is -2.43. The molecule has 0 radical (unpaired) electrons. The minimum Gasteiger partial charge on any atom is -0.480 e. The lowest BCUT2D eigenvalue weighted by Crippen LogP contribution is -2.59. The van der Waals surface area contributed by atoms with Crippen LogP contribution in [0.15, 0.2) is 0 Å². The summed E-state index contributed by atoms with van der Waals surface area (Å²) in [7, 11) is 0. The minimum absolute atomic E-state index is 0.672. The quantitative estimate of drug-likeness (QED) is 0.786. The van der Waals surface area contributed by atoms with E-state index in [1.54, 1.807) is 0 Å². The maximum absolute atomic E-state index is 11.4. The fourth-order valence-corrected chi connectivity index (χ4v) is 2.60. The van der Waals surface area contributed by atoms with Gasteiger partial charge in [0, 0.05) is 32.7 Å². The molecule has 4 heteroatoms. The maximum atomic E-state index is 11.4. The molecule has 1 unspecified atom stereocenters. The van der Waals surface area contributed by atoms with Gasteiger partial charge in [0.25, 0.3) is 0 Å². The van der Waals surface area contributed by atoms with E-state index in [2.05, 4.69) is 9.80 Å². The highest BCUT2D eigenvalue weighted by Gasteiger charge is 2.39. The van der Waals surface area contributed by atoms with Gasteiger partial charge in [0.15, 0.2) is 0 Å². The van der Waals surface area contributed by atoms with E-state index in [1.807, 2.05) is 13.8 Å². The van der Waals surface area contributed by atoms with E-state index in [0.29, 0.717) is 6.42 Å². The van der Waals surface area contributed by atoms with Crippen molar-refractivity contribution in [1.82, 2.24) is 9.80 Å². The number of hydrogen-bond acceptors (Lipinski definition) is 3. The van der Waals surface area contributed by atoms with Crippen molar-refractivity contribution in [2.45, 2.75) is 38.6 Å². The molecule has 0 spiro atoms. The number of carbonyl (C=O) groups is 1. The molecular weight excluding hydrogens is 216 g/mol. The van der Waals surface area contributed by atoms with Crippen LogP contribution in [0.1, 0.15) is 33.1 Å². The molecule has 0 aromatic rings. The second kappa shape index (κ2) is 4.94. The number of carboxylic acids is 1. The van der Waals surface area contributed by atoms with Gasteiger partial charge >= 0.3 is 5.97 Å². The van der Waals surface area contributed by atoms with E-state index in [1.165, 1.54) is 19.4 Å². The molecule has 0 bridgehead atoms. The zero-order valence-electron chi connectivity index (χ0n) is 11.0. The van der Waals surface area contributed by atoms with Crippen molar-refractivity contribution >= 4 is 5.97 Å². The van der Waals surface area contributed by atoms with Crippen LogP contribution >= 0.6 is 0 Å². The van der Waals surface area contributed by atoms with Crippen molar-refractivity contribution in [3.8, 4) is 0 Å². The van der Waals surface area contributed by atoms with Gasteiger partial charge in [0.2, 0.25) is 0 Å². The molecule has 1 saturated heterocycles. The molecule has 1 saturated carbocycles. The molecular formula is C13H24N2O2. The van der Waals surface area contributed by atoms with E-state index in [-0.39, 0.29) is 0 Å². The normalized spacial score (nSPS) is 26.7. The number of rotatable bonds is 5. The van der Waals surface area contributed by atoms with E-state index in [9.17, 15) is 9.90 Å². The first kappa shape index (κ1) is 12.8. The first-order valence-electron chi connectivity index (χ1n) is 6.77. The van der Waals surface area contributed by atoms with Crippen molar-refractivity contribution in [1.29, 1.82) is 0 Å². The van der Waals surface area contributed by atoms with Crippen LogP contribution < -0.4 is 0 Å². The standard InChI is InChI=1S/C13H24N2O2/c1-3-13(2,12(16)17)15-8-6-14(7-9-15)10-11-4-5-11/h11H,3-10H2,1-2H3,(H,16,17). The van der Waals surface area contributed by atoms with Crippen LogP contribution in [0, 0.1) is 5.92 Å². The van der Waals surface area contributed by atoms with Gasteiger partial charge in [-0.1, -0.05) is 6.92 Å². The monoisotopic (exact) mass is 240 g/mol. The van der Waals surface area contributed by atoms with Gasteiger partial charge in [0.05, 0.1) is 0 Å². The summed E-state index contributed by atoms with van der Waals surface area (Å²) >= 11 is 0. The largest absolute Gasteiger partial charge is 0.480 e. The Morgan fingerprint density at radius 2 is 1.88 bits per heavy atom. The zero-order valence-corrected chi connectivity index (χ0v) is 11.0. The molecule has 1 N–H and O–H groups in total. The molecule has 2 aliphatic rings. The summed E-state index contributed by atoms with van der Waals surface area (Å²) in [6.07, 6.45) is 3.45. The summed E-state index contributed by atoms with van der Waals surface area (Å²) in [4.78, 5) is 16.0. The third kappa shape index (κ3) is 2.80. The molecule has 1 aliphatic carbocycles. The third-order valence-corrected chi connectivity index (χ3v) is 4.43. The minimum atomic E-state index is -0.685. The molecule has 0 amide bonds. The summed E-state index contributed by atoms with van der Waals surface area (Å²) in [5.74, 6) is 0.245. The van der Waals surface area contributed by atoms with Gasteiger partial charge in [0.1, 0.15) is 5.54 Å². The lowest BCUT2D eigenvalue weighted by atomic mass is 9.95. The first-order valence-corrected chi connectivity index (χ1v) is 6.77. The highest BCUT2D eigenvalue weighted by Crippen LogP contribution is 2.30. The number of nitrogens with zero attached hydrogens (tertiary/aromatic N) is 2. The summed E-state index contributed by atoms with van der Waals surface area (Å²) < 4.78 is 0. The van der Waals surface area contributed by atoms with Crippen LogP contribution in [0.25, 0.3) is 0 Å². The van der Waals surface area contributed by atoms with Gasteiger partial charge < -0.3 is 10.0 Å². The zero-order chi connectivity index (χ0) is 12.5. The second-order valence-corrected chi connectivity index (χ2v) is 5.66. The van der Waals surface area contributed by atoms with Crippen LogP contribution in [0.3, 0.4) is 0 Å². The SMILES string of the molecule is CCC(C)(C(=O)O)N1CCN(CC2CC2)CC1. The molecule has 17 heavy (non-hydrogen) atoms. The van der Waals surface area contributed by atoms with Gasteiger partial charge in [-0.25, -0.2) is 0 Å². The molecule has 1 aliphatic heterocycles. The molecule has 0 aromatic carbocycles. The van der Waals surface area contributed by atoms with E-state index in [4.69, 9.17) is 0 Å². The summed E-state index contributed by atoms with van der Waals surface area (Å²) in [6, 6.07) is 0. The molecule has 1 atom stereocenters. The van der Waals surface area contributed by atoms with Crippen molar-refractivity contribution < 1.29 is 9.90 Å². The Kier molecular flexibility index (Phi) is 3.73. The molecule has 4 nitrogen and oxygen atoms in total. The van der Waals surface area contributed by atoms with E-state index in [0.717, 1.165) is 32.1 Å². The number of piperazine rings is 1. The number of aliphatic carboxylic acids is 1. The Morgan fingerprint density at radius 1 is 1.29 bits per heavy atom. The first-order chi connectivity index (χ1) is 8.06. The smallest absolute Gasteiger partial charge is 0.323 e. The second-order valence-electron chi connectivity index (χ2n) is 5.66. The third-order valence-electron chi connectivity index (χ3n) is 4.43. The Labute approximate surface area is 104 Å². The lowest BCUT2D eigenvalue weighted by molar-refractivity contribution is -0.152. The van der Waals surface area contributed by atoms with Crippen molar-refractivity contribution in [2.24, 2.45) is 5.92 Å². The van der Waals surface area contributed by atoms with Crippen molar-refractivity contribution in [3.63, 3.8) is 0 Å².